The van der Waals surface area contributed by atoms with Gasteiger partial charge >= 0.3 is 0 Å². The highest BCUT2D eigenvalue weighted by atomic mass is 16.2. The Labute approximate surface area is 314 Å². The monoisotopic (exact) mass is 729 g/mol. The molecule has 5 rings (SSSR count). The molecule has 2 heterocycles. The average molecular weight is 730 g/mol. The molecule has 2 saturated heterocycles. The Hall–Kier alpha value is -4.29. The van der Waals surface area contributed by atoms with Crippen LogP contribution in [0.1, 0.15) is 76.3 Å². The van der Waals surface area contributed by atoms with Gasteiger partial charge in [0.05, 0.1) is 6.04 Å². The third-order valence-corrected chi connectivity index (χ3v) is 10.9. The third kappa shape index (κ3) is 11.4. The summed E-state index contributed by atoms with van der Waals surface area (Å²) in [5, 5.41) is 8.77. The summed E-state index contributed by atoms with van der Waals surface area (Å²) >= 11 is 0. The number of nitrogens with zero attached hydrogens (tertiary/aromatic N) is 2. The summed E-state index contributed by atoms with van der Waals surface area (Å²) in [6, 6.07) is 15.2. The number of amides is 5. The molecule has 0 radical (unpaired) electrons. The highest BCUT2D eigenvalue weighted by molar-refractivity contribution is 5.95. The summed E-state index contributed by atoms with van der Waals surface area (Å²) in [6.45, 7) is 7.09. The average Bonchev–Trinajstić information content (AvgIpc) is 3.99. The Balaban J connectivity index is 1.23. The Morgan fingerprint density at radius 2 is 1.28 bits per heavy atom. The van der Waals surface area contributed by atoms with E-state index in [0.717, 1.165) is 49.9 Å². The molecule has 0 unspecified atom stereocenters. The zero-order chi connectivity index (χ0) is 38.0. The number of likely N-dealkylation sites (tertiary alicyclic amines) is 2. The second-order valence-corrected chi connectivity index (χ2v) is 15.9. The molecule has 0 bridgehead atoms. The van der Waals surface area contributed by atoms with Gasteiger partial charge in [-0.1, -0.05) is 74.5 Å². The van der Waals surface area contributed by atoms with Crippen LogP contribution in [0.4, 0.5) is 0 Å². The SMILES string of the molecule is CC(C)C[C@@H](NC(=O)[C@@H](Cc1ccccc1)NC(=O)[C@H](N)Cc1ccccc1)C(=O)N[C@H](CCCCN)C(=O)N1CC2(CCN(C(=O)C3CC3)CC2)C1. The van der Waals surface area contributed by atoms with Gasteiger partial charge in [0.1, 0.15) is 18.1 Å². The Morgan fingerprint density at radius 3 is 1.85 bits per heavy atom. The first-order valence-electron chi connectivity index (χ1n) is 19.5. The molecule has 2 aliphatic heterocycles. The van der Waals surface area contributed by atoms with E-state index in [0.29, 0.717) is 51.7 Å². The van der Waals surface area contributed by atoms with Gasteiger partial charge in [0, 0.05) is 43.9 Å². The van der Waals surface area contributed by atoms with Crippen LogP contribution in [0.5, 0.6) is 0 Å². The Morgan fingerprint density at radius 1 is 0.736 bits per heavy atom. The number of rotatable bonds is 18. The fourth-order valence-electron chi connectivity index (χ4n) is 7.54. The molecule has 288 valence electrons. The summed E-state index contributed by atoms with van der Waals surface area (Å²) in [4.78, 5) is 71.6. The van der Waals surface area contributed by atoms with Gasteiger partial charge in [-0.3, -0.25) is 24.0 Å². The van der Waals surface area contributed by atoms with Crippen LogP contribution in [0.2, 0.25) is 0 Å². The van der Waals surface area contributed by atoms with Crippen LogP contribution in [-0.4, -0.2) is 96.2 Å². The van der Waals surface area contributed by atoms with Crippen molar-refractivity contribution in [1.29, 1.82) is 0 Å². The molecule has 0 aromatic heterocycles. The molecule has 7 N–H and O–H groups in total. The second kappa shape index (κ2) is 18.6. The largest absolute Gasteiger partial charge is 0.343 e. The van der Waals surface area contributed by atoms with E-state index in [9.17, 15) is 24.0 Å². The van der Waals surface area contributed by atoms with Crippen LogP contribution in [0.25, 0.3) is 0 Å². The first-order chi connectivity index (χ1) is 25.5. The van der Waals surface area contributed by atoms with Crippen molar-refractivity contribution in [3.05, 3.63) is 71.8 Å². The van der Waals surface area contributed by atoms with Crippen molar-refractivity contribution in [2.24, 2.45) is 28.7 Å². The second-order valence-electron chi connectivity index (χ2n) is 15.9. The summed E-state index contributed by atoms with van der Waals surface area (Å²) < 4.78 is 0. The van der Waals surface area contributed by atoms with E-state index in [1.165, 1.54) is 0 Å². The summed E-state index contributed by atoms with van der Waals surface area (Å²) in [7, 11) is 0. The zero-order valence-corrected chi connectivity index (χ0v) is 31.4. The van der Waals surface area contributed by atoms with E-state index < -0.39 is 41.9 Å². The zero-order valence-electron chi connectivity index (χ0n) is 31.4. The minimum atomic E-state index is -0.987. The van der Waals surface area contributed by atoms with E-state index >= 15 is 0 Å². The van der Waals surface area contributed by atoms with Crippen molar-refractivity contribution in [2.75, 3.05) is 32.7 Å². The highest BCUT2D eigenvalue weighted by Gasteiger charge is 2.49. The van der Waals surface area contributed by atoms with Gasteiger partial charge in [-0.05, 0) is 81.4 Å². The maximum absolute atomic E-state index is 14.0. The van der Waals surface area contributed by atoms with Crippen molar-refractivity contribution in [3.63, 3.8) is 0 Å². The number of piperidine rings is 1. The lowest BCUT2D eigenvalue weighted by atomic mass is 9.71. The molecule has 12 heteroatoms. The summed E-state index contributed by atoms with van der Waals surface area (Å²) in [5.74, 6) is -1.00. The number of hydrogen-bond donors (Lipinski definition) is 5. The van der Waals surface area contributed by atoms with E-state index in [-0.39, 0.29) is 35.5 Å². The third-order valence-electron chi connectivity index (χ3n) is 10.9. The first kappa shape index (κ1) is 39.9. The lowest BCUT2D eigenvalue weighted by Gasteiger charge is -2.54. The molecule has 3 aliphatic rings. The minimum absolute atomic E-state index is 0.0117. The molecule has 1 saturated carbocycles. The molecular formula is C41H59N7O5. The molecule has 1 aliphatic carbocycles. The molecule has 5 amide bonds. The van der Waals surface area contributed by atoms with Crippen molar-refractivity contribution < 1.29 is 24.0 Å². The van der Waals surface area contributed by atoms with Gasteiger partial charge in [0.25, 0.3) is 0 Å². The molecule has 4 atom stereocenters. The van der Waals surface area contributed by atoms with Crippen molar-refractivity contribution in [2.45, 2.75) is 102 Å². The van der Waals surface area contributed by atoms with Gasteiger partial charge in [0.2, 0.25) is 29.5 Å². The fraction of sp³-hybridized carbons (Fsp3) is 0.585. The summed E-state index contributed by atoms with van der Waals surface area (Å²) in [6.07, 6.45) is 6.41. The highest BCUT2D eigenvalue weighted by Crippen LogP contribution is 2.42. The Kier molecular flexibility index (Phi) is 14.0. The molecule has 2 aromatic rings. The van der Waals surface area contributed by atoms with E-state index in [2.05, 4.69) is 16.0 Å². The Bertz CT molecular complexity index is 1530. The van der Waals surface area contributed by atoms with E-state index in [1.54, 1.807) is 0 Å². The molecular weight excluding hydrogens is 670 g/mol. The molecule has 3 fully saturated rings. The number of carbonyl (C=O) groups excluding carboxylic acids is 5. The lowest BCUT2D eigenvalue weighted by Crippen LogP contribution is -2.65. The quantitative estimate of drug-likeness (QED) is 0.146. The van der Waals surface area contributed by atoms with Gasteiger partial charge in [-0.25, -0.2) is 0 Å². The number of benzene rings is 2. The van der Waals surface area contributed by atoms with Gasteiger partial charge in [-0.15, -0.1) is 0 Å². The normalized spacial score (nSPS) is 18.7. The molecule has 2 aromatic carbocycles. The molecule has 12 nitrogen and oxygen atoms in total. The standard InChI is InChI=1S/C41H59N7O5/c1-28(2)23-34(46-38(51)35(25-30-13-7-4-8-14-30)45-36(49)32(43)24-29-11-5-3-6-12-29)37(50)44-33(15-9-10-20-42)40(53)48-26-41(27-48)18-21-47(22-19-41)39(52)31-16-17-31/h3-8,11-14,28,31-35H,9-10,15-27,42-43H2,1-2H3,(H,44,50)(H,45,49)(H,46,51)/t32-,33-,34-,35-/m1/s1. The molecule has 53 heavy (non-hydrogen) atoms. The number of hydrogen-bond acceptors (Lipinski definition) is 7. The minimum Gasteiger partial charge on any atom is -0.343 e. The smallest absolute Gasteiger partial charge is 0.245 e. The van der Waals surface area contributed by atoms with Gasteiger partial charge in [0.15, 0.2) is 0 Å². The van der Waals surface area contributed by atoms with Crippen molar-refractivity contribution in [3.8, 4) is 0 Å². The fourth-order valence-corrected chi connectivity index (χ4v) is 7.54. The topological polar surface area (TPSA) is 180 Å². The van der Waals surface area contributed by atoms with Crippen LogP contribution >= 0.6 is 0 Å². The maximum atomic E-state index is 14.0. The van der Waals surface area contributed by atoms with Crippen molar-refractivity contribution >= 4 is 29.5 Å². The predicted molar refractivity (Wildman–Crippen MR) is 204 cm³/mol. The predicted octanol–water partition coefficient (Wildman–Crippen LogP) is 2.29. The van der Waals surface area contributed by atoms with Crippen LogP contribution in [0.3, 0.4) is 0 Å². The number of nitrogens with one attached hydrogen (secondary N) is 3. The van der Waals surface area contributed by atoms with Crippen molar-refractivity contribution in [1.82, 2.24) is 25.8 Å². The summed E-state index contributed by atoms with van der Waals surface area (Å²) in [5.41, 5.74) is 13.8. The lowest BCUT2D eigenvalue weighted by molar-refractivity contribution is -0.153. The number of unbranched alkanes of at least 4 members (excludes halogenated alkanes) is 1. The van der Waals surface area contributed by atoms with Gasteiger partial charge < -0.3 is 37.2 Å². The van der Waals surface area contributed by atoms with E-state index in [4.69, 9.17) is 11.5 Å². The van der Waals surface area contributed by atoms with E-state index in [1.807, 2.05) is 84.3 Å². The first-order valence-corrected chi connectivity index (χ1v) is 19.5. The number of nitrogens with two attached hydrogens (primary N) is 2. The van der Waals surface area contributed by atoms with Crippen LogP contribution < -0.4 is 27.4 Å². The van der Waals surface area contributed by atoms with Gasteiger partial charge in [-0.2, -0.15) is 0 Å². The van der Waals surface area contributed by atoms with Crippen LogP contribution in [0, 0.1) is 17.3 Å². The van der Waals surface area contributed by atoms with Crippen LogP contribution in [0.15, 0.2) is 60.7 Å². The number of carbonyl (C=O) groups is 5. The van der Waals surface area contributed by atoms with Crippen LogP contribution in [-0.2, 0) is 36.8 Å². The molecule has 1 spiro atoms. The maximum Gasteiger partial charge on any atom is 0.245 e.